The van der Waals surface area contributed by atoms with Crippen LogP contribution in [0.1, 0.15) is 110 Å². The van der Waals surface area contributed by atoms with Crippen LogP contribution in [-0.2, 0) is 4.79 Å². The number of amides is 1. The summed E-state index contributed by atoms with van der Waals surface area (Å²) in [6, 6.07) is 0. The molecule has 1 rings (SSSR count). The number of unbranched alkanes of at least 4 members (excludes halogenated alkanes) is 10. The molecule has 0 atom stereocenters. The largest absolute Gasteiger partial charge is 0.343 e. The summed E-state index contributed by atoms with van der Waals surface area (Å²) in [7, 11) is 0. The highest BCUT2D eigenvalue weighted by Crippen LogP contribution is 2.13. The van der Waals surface area contributed by atoms with Crippen molar-refractivity contribution in [1.29, 1.82) is 0 Å². The van der Waals surface area contributed by atoms with Crippen molar-refractivity contribution in [2.45, 2.75) is 110 Å². The highest BCUT2D eigenvalue weighted by atomic mass is 16.2. The van der Waals surface area contributed by atoms with Crippen molar-refractivity contribution in [3.05, 3.63) is 24.3 Å². The number of carbonyl (C=O) groups excluding carboxylic acids is 1. The maximum atomic E-state index is 11.9. The van der Waals surface area contributed by atoms with Gasteiger partial charge in [0.25, 0.3) is 0 Å². The van der Waals surface area contributed by atoms with Gasteiger partial charge >= 0.3 is 0 Å². The Morgan fingerprint density at radius 1 is 0.731 bits per heavy atom. The Morgan fingerprint density at radius 2 is 1.27 bits per heavy atom. The number of hydrogen-bond donors (Lipinski definition) is 0. The molecule has 0 aromatic carbocycles. The number of likely N-dealkylation sites (tertiary alicyclic amines) is 1. The van der Waals surface area contributed by atoms with E-state index in [9.17, 15) is 4.79 Å². The number of nitrogens with zero attached hydrogens (tertiary/aromatic N) is 1. The predicted octanol–water partition coefficient (Wildman–Crippen LogP) is 7.20. The third-order valence-corrected chi connectivity index (χ3v) is 5.30. The van der Waals surface area contributed by atoms with E-state index in [1.807, 2.05) is 0 Å². The molecule has 150 valence electrons. The first-order valence-electron chi connectivity index (χ1n) is 11.4. The van der Waals surface area contributed by atoms with Gasteiger partial charge in [-0.15, -0.1) is 0 Å². The molecule has 0 spiro atoms. The van der Waals surface area contributed by atoms with Crippen molar-refractivity contribution < 1.29 is 4.79 Å². The molecule has 0 saturated carbocycles. The Kier molecular flexibility index (Phi) is 15.4. The maximum absolute atomic E-state index is 11.9. The summed E-state index contributed by atoms with van der Waals surface area (Å²) < 4.78 is 0. The van der Waals surface area contributed by atoms with Crippen LogP contribution in [0, 0.1) is 0 Å². The van der Waals surface area contributed by atoms with Gasteiger partial charge in [0, 0.05) is 19.5 Å². The fraction of sp³-hybridized carbons (Fsp3) is 0.792. The van der Waals surface area contributed by atoms with Crippen LogP contribution in [0.15, 0.2) is 24.3 Å². The fourth-order valence-electron chi connectivity index (χ4n) is 3.57. The highest BCUT2D eigenvalue weighted by Gasteiger charge is 2.16. The molecule has 1 aliphatic heterocycles. The molecule has 1 aliphatic rings. The fourth-order valence-corrected chi connectivity index (χ4v) is 3.57. The van der Waals surface area contributed by atoms with Crippen molar-refractivity contribution in [2.24, 2.45) is 0 Å². The Hall–Kier alpha value is -1.05. The first kappa shape index (κ1) is 23.0. The van der Waals surface area contributed by atoms with Gasteiger partial charge in [-0.25, -0.2) is 0 Å². The van der Waals surface area contributed by atoms with Gasteiger partial charge in [0.15, 0.2) is 0 Å². The summed E-state index contributed by atoms with van der Waals surface area (Å²) in [4.78, 5) is 14.0. The Labute approximate surface area is 163 Å². The highest BCUT2D eigenvalue weighted by molar-refractivity contribution is 5.76. The molecule has 0 aromatic heterocycles. The van der Waals surface area contributed by atoms with Crippen LogP contribution >= 0.6 is 0 Å². The molecule has 0 radical (unpaired) electrons. The average Bonchev–Trinajstić information content (AvgIpc) is 3.19. The van der Waals surface area contributed by atoms with E-state index in [1.54, 1.807) is 0 Å². The molecule has 2 heteroatoms. The molecule has 1 saturated heterocycles. The summed E-state index contributed by atoms with van der Waals surface area (Å²) >= 11 is 0. The minimum Gasteiger partial charge on any atom is -0.343 e. The van der Waals surface area contributed by atoms with Gasteiger partial charge in [0.05, 0.1) is 0 Å². The van der Waals surface area contributed by atoms with Gasteiger partial charge in [-0.2, -0.15) is 0 Å². The molecule has 0 unspecified atom stereocenters. The van der Waals surface area contributed by atoms with Crippen molar-refractivity contribution in [3.63, 3.8) is 0 Å². The van der Waals surface area contributed by atoms with E-state index in [4.69, 9.17) is 0 Å². The molecule has 0 aromatic rings. The molecular weight excluding hydrogens is 318 g/mol. The van der Waals surface area contributed by atoms with Crippen LogP contribution in [0.3, 0.4) is 0 Å². The molecule has 1 heterocycles. The van der Waals surface area contributed by atoms with Crippen LogP contribution in [0.2, 0.25) is 0 Å². The lowest BCUT2D eigenvalue weighted by Crippen LogP contribution is -2.27. The summed E-state index contributed by atoms with van der Waals surface area (Å²) in [5.41, 5.74) is 0. The summed E-state index contributed by atoms with van der Waals surface area (Å²) in [6.07, 6.45) is 29.0. The third-order valence-electron chi connectivity index (χ3n) is 5.30. The van der Waals surface area contributed by atoms with E-state index in [1.165, 1.54) is 83.5 Å². The van der Waals surface area contributed by atoms with Gasteiger partial charge in [-0.05, 0) is 51.4 Å². The van der Waals surface area contributed by atoms with Crippen molar-refractivity contribution >= 4 is 5.91 Å². The van der Waals surface area contributed by atoms with Gasteiger partial charge < -0.3 is 4.90 Å². The third kappa shape index (κ3) is 13.2. The zero-order valence-corrected chi connectivity index (χ0v) is 17.4. The van der Waals surface area contributed by atoms with E-state index in [0.29, 0.717) is 5.91 Å². The lowest BCUT2D eigenvalue weighted by Gasteiger charge is -2.14. The van der Waals surface area contributed by atoms with Gasteiger partial charge in [-0.3, -0.25) is 4.79 Å². The molecule has 26 heavy (non-hydrogen) atoms. The van der Waals surface area contributed by atoms with E-state index >= 15 is 0 Å². The second kappa shape index (κ2) is 17.4. The average molecular weight is 362 g/mol. The van der Waals surface area contributed by atoms with E-state index in [-0.39, 0.29) is 0 Å². The molecule has 1 fully saturated rings. The van der Waals surface area contributed by atoms with Crippen molar-refractivity contribution in [2.75, 3.05) is 13.1 Å². The van der Waals surface area contributed by atoms with Crippen molar-refractivity contribution in [1.82, 2.24) is 4.90 Å². The van der Waals surface area contributed by atoms with E-state index < -0.39 is 0 Å². The predicted molar refractivity (Wildman–Crippen MR) is 114 cm³/mol. The van der Waals surface area contributed by atoms with Crippen LogP contribution < -0.4 is 0 Å². The molecule has 0 aliphatic carbocycles. The number of rotatable bonds is 16. The molecule has 1 amide bonds. The number of carbonyl (C=O) groups is 1. The summed E-state index contributed by atoms with van der Waals surface area (Å²) in [6.45, 7) is 4.26. The molecular formula is C24H43NO. The first-order valence-corrected chi connectivity index (χ1v) is 11.4. The molecule has 2 nitrogen and oxygen atoms in total. The molecule has 0 N–H and O–H groups in total. The van der Waals surface area contributed by atoms with Crippen LogP contribution in [-0.4, -0.2) is 23.9 Å². The number of allylic oxidation sites excluding steroid dienone is 4. The smallest absolute Gasteiger partial charge is 0.222 e. The van der Waals surface area contributed by atoms with Gasteiger partial charge in [-0.1, -0.05) is 76.2 Å². The van der Waals surface area contributed by atoms with Crippen molar-refractivity contribution in [3.8, 4) is 0 Å². The minimum atomic E-state index is 0.394. The van der Waals surface area contributed by atoms with Crippen LogP contribution in [0.5, 0.6) is 0 Å². The van der Waals surface area contributed by atoms with E-state index in [2.05, 4.69) is 36.1 Å². The summed E-state index contributed by atoms with van der Waals surface area (Å²) in [5.74, 6) is 0.394. The normalized spacial score (nSPS) is 14.9. The van der Waals surface area contributed by atoms with E-state index in [0.717, 1.165) is 32.4 Å². The van der Waals surface area contributed by atoms with Gasteiger partial charge in [0.2, 0.25) is 5.91 Å². The number of hydrogen-bond acceptors (Lipinski definition) is 1. The monoisotopic (exact) mass is 361 g/mol. The Balaban J connectivity index is 1.77. The molecule has 0 bridgehead atoms. The quantitative estimate of drug-likeness (QED) is 0.210. The Bertz CT molecular complexity index is 380. The maximum Gasteiger partial charge on any atom is 0.222 e. The SMILES string of the molecule is CCCCC/C=C/C/C=C/CCCCCCCCCC(=O)N1CCCC1. The minimum absolute atomic E-state index is 0.394. The second-order valence-electron chi connectivity index (χ2n) is 7.78. The zero-order valence-electron chi connectivity index (χ0n) is 17.4. The second-order valence-corrected chi connectivity index (χ2v) is 7.78. The van der Waals surface area contributed by atoms with Crippen LogP contribution in [0.25, 0.3) is 0 Å². The topological polar surface area (TPSA) is 20.3 Å². The Morgan fingerprint density at radius 3 is 1.88 bits per heavy atom. The lowest BCUT2D eigenvalue weighted by molar-refractivity contribution is -0.130. The summed E-state index contributed by atoms with van der Waals surface area (Å²) in [5, 5.41) is 0. The lowest BCUT2D eigenvalue weighted by atomic mass is 10.1. The zero-order chi connectivity index (χ0) is 18.7. The van der Waals surface area contributed by atoms with Crippen LogP contribution in [0.4, 0.5) is 0 Å². The first-order chi connectivity index (χ1) is 12.8. The van der Waals surface area contributed by atoms with Gasteiger partial charge in [0.1, 0.15) is 0 Å². The standard InChI is InChI=1S/C24H43NO/c1-2-3-4-5-6-7-8-9-10-11-12-13-14-15-16-17-18-21-24(26)25-22-19-20-23-25/h6-7,9-10H,2-5,8,11-23H2,1H3/b7-6+,10-9+.